The van der Waals surface area contributed by atoms with Crippen molar-refractivity contribution < 1.29 is 19.1 Å². The summed E-state index contributed by atoms with van der Waals surface area (Å²) in [6.45, 7) is 3.31. The van der Waals surface area contributed by atoms with Crippen LogP contribution >= 0.6 is 11.3 Å². The van der Waals surface area contributed by atoms with Gasteiger partial charge in [0.05, 0.1) is 24.7 Å². The Kier molecular flexibility index (Phi) is 6.16. The van der Waals surface area contributed by atoms with Crippen LogP contribution in [0.4, 0.5) is 0 Å². The standard InChI is InChI=1S/C21H25NO4S/c1-3-26-20(24)21(14-16-4-6-18(25-2)7-5-16)9-11-22(12-10-21)19(23)17-8-13-27-15-17/h4-8,13,15H,3,9-12,14H2,1-2H3. The summed E-state index contributed by atoms with van der Waals surface area (Å²) in [6.07, 6.45) is 1.82. The summed E-state index contributed by atoms with van der Waals surface area (Å²) in [5, 5.41) is 3.77. The highest BCUT2D eigenvalue weighted by molar-refractivity contribution is 7.08. The molecule has 0 radical (unpaired) electrons. The zero-order chi connectivity index (χ0) is 19.3. The number of benzene rings is 1. The number of nitrogens with zero attached hydrogens (tertiary/aromatic N) is 1. The Morgan fingerprint density at radius 3 is 2.41 bits per heavy atom. The molecule has 1 amide bonds. The molecule has 0 spiro atoms. The van der Waals surface area contributed by atoms with Gasteiger partial charge in [0.15, 0.2) is 0 Å². The lowest BCUT2D eigenvalue weighted by Gasteiger charge is -2.40. The van der Waals surface area contributed by atoms with Gasteiger partial charge in [0.2, 0.25) is 0 Å². The highest BCUT2D eigenvalue weighted by Gasteiger charge is 2.43. The van der Waals surface area contributed by atoms with E-state index in [-0.39, 0.29) is 11.9 Å². The second-order valence-electron chi connectivity index (χ2n) is 6.83. The van der Waals surface area contributed by atoms with E-state index in [9.17, 15) is 9.59 Å². The molecule has 0 N–H and O–H groups in total. The van der Waals surface area contributed by atoms with E-state index in [1.54, 1.807) is 7.11 Å². The fourth-order valence-corrected chi connectivity index (χ4v) is 4.21. The van der Waals surface area contributed by atoms with Gasteiger partial charge in [-0.25, -0.2) is 0 Å². The third-order valence-corrected chi connectivity index (χ3v) is 5.87. The van der Waals surface area contributed by atoms with Crippen LogP contribution in [0.1, 0.15) is 35.7 Å². The van der Waals surface area contributed by atoms with Crippen LogP contribution in [0.5, 0.6) is 5.75 Å². The van der Waals surface area contributed by atoms with Crippen molar-refractivity contribution in [2.75, 3.05) is 26.8 Å². The van der Waals surface area contributed by atoms with E-state index >= 15 is 0 Å². The minimum absolute atomic E-state index is 0.0400. The Morgan fingerprint density at radius 2 is 1.85 bits per heavy atom. The minimum Gasteiger partial charge on any atom is -0.497 e. The van der Waals surface area contributed by atoms with Crippen molar-refractivity contribution in [1.29, 1.82) is 0 Å². The van der Waals surface area contributed by atoms with Gasteiger partial charge in [0, 0.05) is 18.5 Å². The summed E-state index contributed by atoms with van der Waals surface area (Å²) in [5.74, 6) is 0.668. The number of esters is 1. The SMILES string of the molecule is CCOC(=O)C1(Cc2ccc(OC)cc2)CCN(C(=O)c2ccsc2)CC1. The number of rotatable bonds is 6. The Bertz CT molecular complexity index is 762. The van der Waals surface area contributed by atoms with E-state index in [1.165, 1.54) is 11.3 Å². The van der Waals surface area contributed by atoms with Gasteiger partial charge in [0.1, 0.15) is 5.75 Å². The second kappa shape index (κ2) is 8.57. The van der Waals surface area contributed by atoms with Gasteiger partial charge in [-0.2, -0.15) is 11.3 Å². The van der Waals surface area contributed by atoms with E-state index in [4.69, 9.17) is 9.47 Å². The molecule has 3 rings (SSSR count). The lowest BCUT2D eigenvalue weighted by molar-refractivity contribution is -0.158. The first-order valence-electron chi connectivity index (χ1n) is 9.19. The summed E-state index contributed by atoms with van der Waals surface area (Å²) in [4.78, 5) is 27.2. The second-order valence-corrected chi connectivity index (χ2v) is 7.61. The third-order valence-electron chi connectivity index (χ3n) is 5.19. The molecule has 144 valence electrons. The molecule has 1 fully saturated rings. The number of ether oxygens (including phenoxy) is 2. The predicted molar refractivity (Wildman–Crippen MR) is 105 cm³/mol. The first kappa shape index (κ1) is 19.4. The van der Waals surface area contributed by atoms with Crippen molar-refractivity contribution in [3.05, 3.63) is 52.2 Å². The van der Waals surface area contributed by atoms with Crippen molar-refractivity contribution in [2.24, 2.45) is 5.41 Å². The molecule has 0 atom stereocenters. The van der Waals surface area contributed by atoms with Crippen molar-refractivity contribution in [3.8, 4) is 5.75 Å². The summed E-state index contributed by atoms with van der Waals surface area (Å²) >= 11 is 1.52. The fraction of sp³-hybridized carbons (Fsp3) is 0.429. The van der Waals surface area contributed by atoms with Gasteiger partial charge >= 0.3 is 5.97 Å². The molecule has 5 nitrogen and oxygen atoms in total. The van der Waals surface area contributed by atoms with E-state index in [2.05, 4.69) is 0 Å². The molecular weight excluding hydrogens is 362 g/mol. The first-order valence-corrected chi connectivity index (χ1v) is 10.1. The molecule has 0 saturated carbocycles. The molecule has 1 saturated heterocycles. The molecule has 0 unspecified atom stereocenters. The number of thiophene rings is 1. The monoisotopic (exact) mass is 387 g/mol. The van der Waals surface area contributed by atoms with Crippen molar-refractivity contribution in [2.45, 2.75) is 26.2 Å². The van der Waals surface area contributed by atoms with Crippen LogP contribution in [0.2, 0.25) is 0 Å². The van der Waals surface area contributed by atoms with Crippen LogP contribution in [-0.4, -0.2) is 43.6 Å². The van der Waals surface area contributed by atoms with E-state index in [0.29, 0.717) is 39.0 Å². The molecule has 6 heteroatoms. The largest absolute Gasteiger partial charge is 0.497 e. The molecule has 1 aromatic carbocycles. The average Bonchev–Trinajstić information content (AvgIpc) is 3.23. The Labute approximate surface area is 163 Å². The van der Waals surface area contributed by atoms with Crippen molar-refractivity contribution >= 4 is 23.2 Å². The van der Waals surface area contributed by atoms with Crippen LogP contribution in [0.25, 0.3) is 0 Å². The lowest BCUT2D eigenvalue weighted by atomic mass is 9.73. The number of carbonyl (C=O) groups excluding carboxylic acids is 2. The van der Waals surface area contributed by atoms with Gasteiger partial charge in [-0.05, 0) is 55.3 Å². The third kappa shape index (κ3) is 4.33. The average molecular weight is 388 g/mol. The maximum atomic E-state index is 12.8. The normalized spacial score (nSPS) is 16.0. The molecule has 1 aliphatic heterocycles. The minimum atomic E-state index is -0.587. The fourth-order valence-electron chi connectivity index (χ4n) is 3.58. The van der Waals surface area contributed by atoms with Gasteiger partial charge in [-0.15, -0.1) is 0 Å². The lowest BCUT2D eigenvalue weighted by Crippen LogP contribution is -2.48. The molecule has 0 bridgehead atoms. The smallest absolute Gasteiger partial charge is 0.312 e. The van der Waals surface area contributed by atoms with Gasteiger partial charge in [-0.3, -0.25) is 9.59 Å². The Hall–Kier alpha value is -2.34. The van der Waals surface area contributed by atoms with Gasteiger partial charge < -0.3 is 14.4 Å². The highest BCUT2D eigenvalue weighted by Crippen LogP contribution is 2.37. The topological polar surface area (TPSA) is 55.8 Å². The summed E-state index contributed by atoms with van der Waals surface area (Å²) in [6, 6.07) is 9.63. The van der Waals surface area contributed by atoms with Gasteiger partial charge in [-0.1, -0.05) is 12.1 Å². The van der Waals surface area contributed by atoms with Crippen LogP contribution in [0.3, 0.4) is 0 Å². The van der Waals surface area contributed by atoms with Crippen LogP contribution in [-0.2, 0) is 16.0 Å². The predicted octanol–water partition coefficient (Wildman–Crippen LogP) is 3.78. The molecule has 2 heterocycles. The van der Waals surface area contributed by atoms with Crippen LogP contribution in [0.15, 0.2) is 41.1 Å². The molecule has 0 aliphatic carbocycles. The first-order chi connectivity index (χ1) is 13.1. The number of hydrogen-bond donors (Lipinski definition) is 0. The maximum absolute atomic E-state index is 12.8. The zero-order valence-electron chi connectivity index (χ0n) is 15.8. The van der Waals surface area contributed by atoms with E-state index in [1.807, 2.05) is 52.9 Å². The number of amides is 1. The number of carbonyl (C=O) groups is 2. The molecule has 27 heavy (non-hydrogen) atoms. The van der Waals surface area contributed by atoms with Crippen molar-refractivity contribution in [1.82, 2.24) is 4.90 Å². The maximum Gasteiger partial charge on any atom is 0.312 e. The van der Waals surface area contributed by atoms with E-state index in [0.717, 1.165) is 16.9 Å². The van der Waals surface area contributed by atoms with Gasteiger partial charge in [0.25, 0.3) is 5.91 Å². The number of hydrogen-bond acceptors (Lipinski definition) is 5. The molecule has 1 aromatic heterocycles. The summed E-state index contributed by atoms with van der Waals surface area (Å²) in [5.41, 5.74) is 1.20. The quantitative estimate of drug-likeness (QED) is 0.708. The molecular formula is C21H25NO4S. The molecule has 2 aromatic rings. The zero-order valence-corrected chi connectivity index (χ0v) is 16.6. The summed E-state index contributed by atoms with van der Waals surface area (Å²) in [7, 11) is 1.63. The van der Waals surface area contributed by atoms with Crippen LogP contribution < -0.4 is 4.74 Å². The van der Waals surface area contributed by atoms with Crippen LogP contribution in [0, 0.1) is 5.41 Å². The van der Waals surface area contributed by atoms with Crippen molar-refractivity contribution in [3.63, 3.8) is 0 Å². The Morgan fingerprint density at radius 1 is 1.15 bits per heavy atom. The summed E-state index contributed by atoms with van der Waals surface area (Å²) < 4.78 is 10.6. The molecule has 1 aliphatic rings. The number of methoxy groups -OCH3 is 1. The Balaban J connectivity index is 1.74. The number of piperidine rings is 1. The van der Waals surface area contributed by atoms with E-state index < -0.39 is 5.41 Å². The number of likely N-dealkylation sites (tertiary alicyclic amines) is 1. The highest BCUT2D eigenvalue weighted by atomic mass is 32.1.